The van der Waals surface area contributed by atoms with Gasteiger partial charge in [-0.25, -0.2) is 0 Å². The molecule has 1 N–H and O–H groups in total. The van der Waals surface area contributed by atoms with Gasteiger partial charge in [0.2, 0.25) is 5.88 Å². The molecule has 0 aliphatic carbocycles. The van der Waals surface area contributed by atoms with Gasteiger partial charge in [0.25, 0.3) is 17.4 Å². The third-order valence-electron chi connectivity index (χ3n) is 4.04. The molecular weight excluding hydrogens is 376 g/mol. The molecule has 1 aromatic heterocycles. The van der Waals surface area contributed by atoms with Crippen LogP contribution < -0.4 is 5.56 Å². The number of likely N-dealkylation sites (N-methyl/N-ethyl adjacent to an activating group) is 2. The van der Waals surface area contributed by atoms with E-state index in [9.17, 15) is 19.5 Å². The first-order valence-electron chi connectivity index (χ1n) is 7.64. The van der Waals surface area contributed by atoms with E-state index in [0.29, 0.717) is 6.54 Å². The standard InChI is InChI=1S/C16H18N4O4S2/c1-5-20-14(24)10(13(23)19(4)16(20)26)8-6-7-9-11(21)17(2)15(25)18(3)12(9)22/h6-8,21H,5H2,1-4H3/b7-6+,10-8-. The molecule has 1 fully saturated rings. The van der Waals surface area contributed by atoms with Gasteiger partial charge >= 0.3 is 0 Å². The molecule has 2 amide bonds. The van der Waals surface area contributed by atoms with E-state index in [1.54, 1.807) is 6.92 Å². The third-order valence-corrected chi connectivity index (χ3v) is 5.08. The summed E-state index contributed by atoms with van der Waals surface area (Å²) in [5.41, 5.74) is -0.581. The average molecular weight is 394 g/mol. The van der Waals surface area contributed by atoms with Gasteiger partial charge in [-0.15, -0.1) is 0 Å². The van der Waals surface area contributed by atoms with Crippen LogP contribution in [0.3, 0.4) is 0 Å². The van der Waals surface area contributed by atoms with Crippen molar-refractivity contribution < 1.29 is 14.7 Å². The fourth-order valence-corrected chi connectivity index (χ4v) is 2.90. The molecule has 10 heteroatoms. The van der Waals surface area contributed by atoms with Crippen LogP contribution in [0.15, 0.2) is 22.5 Å². The molecule has 0 aromatic carbocycles. The summed E-state index contributed by atoms with van der Waals surface area (Å²) in [4.78, 5) is 39.5. The van der Waals surface area contributed by atoms with Crippen molar-refractivity contribution in [2.45, 2.75) is 6.92 Å². The highest BCUT2D eigenvalue weighted by molar-refractivity contribution is 7.80. The first kappa shape index (κ1) is 19.7. The number of aromatic hydroxyl groups is 1. The molecule has 1 aliphatic rings. The Kier molecular flexibility index (Phi) is 5.57. The van der Waals surface area contributed by atoms with Gasteiger partial charge in [-0.1, -0.05) is 6.08 Å². The fraction of sp³-hybridized carbons (Fsp3) is 0.312. The number of amides is 2. The number of allylic oxidation sites excluding steroid dienone is 2. The molecule has 26 heavy (non-hydrogen) atoms. The van der Waals surface area contributed by atoms with Gasteiger partial charge in [-0.05, 0) is 43.5 Å². The van der Waals surface area contributed by atoms with E-state index in [0.717, 1.165) is 0 Å². The van der Waals surface area contributed by atoms with Gasteiger partial charge in [0.1, 0.15) is 11.1 Å². The largest absolute Gasteiger partial charge is 0.494 e. The van der Waals surface area contributed by atoms with Gasteiger partial charge in [0, 0.05) is 27.7 Å². The van der Waals surface area contributed by atoms with Crippen molar-refractivity contribution in [3.8, 4) is 5.88 Å². The van der Waals surface area contributed by atoms with Crippen LogP contribution in [0.2, 0.25) is 0 Å². The minimum atomic E-state index is -0.530. The summed E-state index contributed by atoms with van der Waals surface area (Å²) in [5.74, 6) is -1.34. The molecule has 0 unspecified atom stereocenters. The van der Waals surface area contributed by atoms with Crippen molar-refractivity contribution >= 4 is 47.4 Å². The lowest BCUT2D eigenvalue weighted by Crippen LogP contribution is -2.54. The Morgan fingerprint density at radius 1 is 1.04 bits per heavy atom. The molecule has 0 spiro atoms. The predicted molar refractivity (Wildman–Crippen MR) is 103 cm³/mol. The molecule has 138 valence electrons. The lowest BCUT2D eigenvalue weighted by molar-refractivity contribution is -0.133. The second-order valence-corrected chi connectivity index (χ2v) is 6.31. The topological polar surface area (TPSA) is 87.8 Å². The number of nitrogens with zero attached hydrogens (tertiary/aromatic N) is 4. The van der Waals surface area contributed by atoms with E-state index in [-0.39, 0.29) is 26.9 Å². The second-order valence-electron chi connectivity index (χ2n) is 5.58. The third kappa shape index (κ3) is 3.13. The van der Waals surface area contributed by atoms with Crippen LogP contribution in [-0.4, -0.2) is 54.6 Å². The Bertz CT molecular complexity index is 987. The molecule has 0 bridgehead atoms. The van der Waals surface area contributed by atoms with Crippen molar-refractivity contribution in [3.63, 3.8) is 0 Å². The van der Waals surface area contributed by atoms with Crippen LogP contribution in [0.5, 0.6) is 5.88 Å². The Hall–Kier alpha value is -2.59. The van der Waals surface area contributed by atoms with E-state index in [2.05, 4.69) is 0 Å². The zero-order chi connectivity index (χ0) is 19.8. The van der Waals surface area contributed by atoms with E-state index in [4.69, 9.17) is 24.4 Å². The summed E-state index contributed by atoms with van der Waals surface area (Å²) >= 11 is 10.1. The Morgan fingerprint density at radius 3 is 2.23 bits per heavy atom. The number of carbonyl (C=O) groups excluding carboxylic acids is 2. The van der Waals surface area contributed by atoms with Crippen molar-refractivity contribution in [2.24, 2.45) is 14.1 Å². The second kappa shape index (κ2) is 7.34. The Labute approximate surface area is 160 Å². The van der Waals surface area contributed by atoms with Crippen molar-refractivity contribution in [3.05, 3.63) is 38.4 Å². The molecule has 1 aromatic rings. The molecule has 0 radical (unpaired) electrons. The number of rotatable bonds is 3. The summed E-state index contributed by atoms with van der Waals surface area (Å²) in [5, 5.41) is 10.3. The smallest absolute Gasteiger partial charge is 0.265 e. The number of thiocarbonyl (C=S) groups is 1. The molecule has 0 atom stereocenters. The van der Waals surface area contributed by atoms with Crippen LogP contribution in [0.25, 0.3) is 6.08 Å². The minimum absolute atomic E-state index is 0.00706. The van der Waals surface area contributed by atoms with Crippen LogP contribution in [-0.2, 0) is 23.7 Å². The Morgan fingerprint density at radius 2 is 1.65 bits per heavy atom. The molecule has 8 nitrogen and oxygen atoms in total. The summed E-state index contributed by atoms with van der Waals surface area (Å²) in [6, 6.07) is 0. The fourth-order valence-electron chi connectivity index (χ4n) is 2.44. The van der Waals surface area contributed by atoms with Crippen molar-refractivity contribution in [2.75, 3.05) is 13.6 Å². The maximum absolute atomic E-state index is 12.4. The highest BCUT2D eigenvalue weighted by atomic mass is 32.1. The predicted octanol–water partition coefficient (Wildman–Crippen LogP) is 0.704. The Balaban J connectivity index is 2.48. The summed E-state index contributed by atoms with van der Waals surface area (Å²) in [6.07, 6.45) is 3.98. The van der Waals surface area contributed by atoms with Crippen molar-refractivity contribution in [1.29, 1.82) is 0 Å². The maximum Gasteiger partial charge on any atom is 0.265 e. The SMILES string of the molecule is CCN1C(=O)/C(=C\C=C\c2c(O)n(C)c(=S)n(C)c2=O)C(=O)N(C)C1=S. The molecular formula is C16H18N4O4S2. The van der Waals surface area contributed by atoms with E-state index < -0.39 is 17.4 Å². The molecule has 1 saturated heterocycles. The first-order valence-corrected chi connectivity index (χ1v) is 8.46. The zero-order valence-corrected chi connectivity index (χ0v) is 16.3. The van der Waals surface area contributed by atoms with E-state index in [1.165, 1.54) is 58.3 Å². The maximum atomic E-state index is 12.4. The number of hydrogen-bond donors (Lipinski definition) is 1. The normalized spacial score (nSPS) is 17.1. The van der Waals surface area contributed by atoms with E-state index >= 15 is 0 Å². The summed E-state index contributed by atoms with van der Waals surface area (Å²) in [7, 11) is 4.50. The zero-order valence-electron chi connectivity index (χ0n) is 14.7. The number of aromatic nitrogens is 2. The first-order chi connectivity index (χ1) is 12.1. The average Bonchev–Trinajstić information content (AvgIpc) is 2.62. The molecule has 2 heterocycles. The van der Waals surface area contributed by atoms with E-state index in [1.807, 2.05) is 0 Å². The van der Waals surface area contributed by atoms with Crippen LogP contribution in [0, 0.1) is 4.77 Å². The lowest BCUT2D eigenvalue weighted by atomic mass is 10.1. The highest BCUT2D eigenvalue weighted by Crippen LogP contribution is 2.17. The van der Waals surface area contributed by atoms with Gasteiger partial charge in [0.15, 0.2) is 9.88 Å². The highest BCUT2D eigenvalue weighted by Gasteiger charge is 2.36. The van der Waals surface area contributed by atoms with Gasteiger partial charge in [0.05, 0.1) is 0 Å². The number of hydrogen-bond acceptors (Lipinski definition) is 6. The van der Waals surface area contributed by atoms with Crippen LogP contribution >= 0.6 is 24.4 Å². The van der Waals surface area contributed by atoms with Crippen molar-refractivity contribution in [1.82, 2.24) is 18.9 Å². The quantitative estimate of drug-likeness (QED) is 0.461. The van der Waals surface area contributed by atoms with Crippen LogP contribution in [0.4, 0.5) is 0 Å². The summed E-state index contributed by atoms with van der Waals surface area (Å²) < 4.78 is 2.66. The molecule has 1 aliphatic heterocycles. The number of carbonyl (C=O) groups is 2. The lowest BCUT2D eigenvalue weighted by Gasteiger charge is -2.33. The van der Waals surface area contributed by atoms with Gasteiger partial charge < -0.3 is 5.11 Å². The summed E-state index contributed by atoms with van der Waals surface area (Å²) in [6.45, 7) is 2.08. The van der Waals surface area contributed by atoms with Crippen LogP contribution in [0.1, 0.15) is 12.5 Å². The molecule has 2 rings (SSSR count). The van der Waals surface area contributed by atoms with Gasteiger partial charge in [-0.3, -0.25) is 33.3 Å². The monoisotopic (exact) mass is 394 g/mol. The minimum Gasteiger partial charge on any atom is -0.494 e. The molecule has 0 saturated carbocycles. The van der Waals surface area contributed by atoms with Gasteiger partial charge in [-0.2, -0.15) is 0 Å².